The molecule has 0 atom stereocenters. The fraction of sp³-hybridized carbons (Fsp3) is 0.444. The summed E-state index contributed by atoms with van der Waals surface area (Å²) < 4.78 is 33.5. The van der Waals surface area contributed by atoms with Gasteiger partial charge in [-0.3, -0.25) is 4.79 Å². The molecular formula is C18H22N6O4S. The van der Waals surface area contributed by atoms with E-state index in [0.29, 0.717) is 43.1 Å². The number of nitrogens with one attached hydrogen (secondary N) is 1. The summed E-state index contributed by atoms with van der Waals surface area (Å²) >= 11 is 0. The van der Waals surface area contributed by atoms with E-state index < -0.39 is 10.0 Å². The van der Waals surface area contributed by atoms with Crippen LogP contribution in [0, 0.1) is 6.92 Å². The standard InChI is InChI=1S/C18H22N6O4S/c1-13-11-17(21-28-13)19-18(25)5-4-10-24-16-7-6-14(12-15(16)20-22-24)29(26,27)23-8-2-3-9-23/h6-7,11-12H,2-5,8-10H2,1H3,(H,19,21,25). The van der Waals surface area contributed by atoms with E-state index in [9.17, 15) is 13.2 Å². The van der Waals surface area contributed by atoms with Crippen LogP contribution in [0.25, 0.3) is 11.0 Å². The summed E-state index contributed by atoms with van der Waals surface area (Å²) in [5.74, 6) is 0.854. The number of nitrogens with zero attached hydrogens (tertiary/aromatic N) is 5. The van der Waals surface area contributed by atoms with Crippen LogP contribution in [0.1, 0.15) is 31.4 Å². The maximum Gasteiger partial charge on any atom is 0.243 e. The van der Waals surface area contributed by atoms with Crippen molar-refractivity contribution in [1.29, 1.82) is 0 Å². The maximum atomic E-state index is 12.7. The van der Waals surface area contributed by atoms with Gasteiger partial charge in [-0.1, -0.05) is 10.4 Å². The minimum atomic E-state index is -3.49. The van der Waals surface area contributed by atoms with Gasteiger partial charge in [0.25, 0.3) is 0 Å². The van der Waals surface area contributed by atoms with Crippen molar-refractivity contribution < 1.29 is 17.7 Å². The molecule has 0 radical (unpaired) electrons. The van der Waals surface area contributed by atoms with E-state index in [0.717, 1.165) is 18.4 Å². The molecule has 0 spiro atoms. The number of anilines is 1. The molecule has 1 saturated heterocycles. The van der Waals surface area contributed by atoms with Crippen molar-refractivity contribution in [3.63, 3.8) is 0 Å². The van der Waals surface area contributed by atoms with E-state index in [-0.39, 0.29) is 17.2 Å². The zero-order chi connectivity index (χ0) is 20.4. The lowest BCUT2D eigenvalue weighted by Crippen LogP contribution is -2.27. The molecule has 3 aromatic rings. The van der Waals surface area contributed by atoms with E-state index in [2.05, 4.69) is 20.8 Å². The summed E-state index contributed by atoms with van der Waals surface area (Å²) in [4.78, 5) is 12.2. The topological polar surface area (TPSA) is 123 Å². The SMILES string of the molecule is Cc1cc(NC(=O)CCCn2nnc3cc(S(=O)(=O)N4CCCC4)ccc32)no1. The molecule has 4 rings (SSSR count). The largest absolute Gasteiger partial charge is 0.360 e. The Bertz CT molecular complexity index is 1130. The molecule has 3 heterocycles. The Hall–Kier alpha value is -2.79. The summed E-state index contributed by atoms with van der Waals surface area (Å²) in [6.45, 7) is 3.35. The second-order valence-corrected chi connectivity index (χ2v) is 8.99. The fourth-order valence-corrected chi connectivity index (χ4v) is 4.91. The molecule has 1 aliphatic rings. The van der Waals surface area contributed by atoms with E-state index in [1.54, 1.807) is 35.9 Å². The van der Waals surface area contributed by atoms with Gasteiger partial charge in [0.2, 0.25) is 15.9 Å². The maximum absolute atomic E-state index is 12.7. The highest BCUT2D eigenvalue weighted by molar-refractivity contribution is 7.89. The van der Waals surface area contributed by atoms with Gasteiger partial charge >= 0.3 is 0 Å². The molecule has 0 saturated carbocycles. The second-order valence-electron chi connectivity index (χ2n) is 7.05. The van der Waals surface area contributed by atoms with E-state index >= 15 is 0 Å². The minimum Gasteiger partial charge on any atom is -0.360 e. The minimum absolute atomic E-state index is 0.165. The van der Waals surface area contributed by atoms with Gasteiger partial charge < -0.3 is 9.84 Å². The highest BCUT2D eigenvalue weighted by atomic mass is 32.2. The molecule has 1 fully saturated rings. The molecule has 0 aliphatic carbocycles. The Morgan fingerprint density at radius 3 is 2.76 bits per heavy atom. The number of carbonyl (C=O) groups excluding carboxylic acids is 1. The Labute approximate surface area is 167 Å². The third kappa shape index (κ3) is 4.15. The molecule has 2 aromatic heterocycles. The van der Waals surface area contributed by atoms with Crippen LogP contribution in [-0.4, -0.2) is 51.9 Å². The lowest BCUT2D eigenvalue weighted by molar-refractivity contribution is -0.116. The molecular weight excluding hydrogens is 396 g/mol. The van der Waals surface area contributed by atoms with Gasteiger partial charge in [-0.05, 0) is 44.4 Å². The van der Waals surface area contributed by atoms with Gasteiger partial charge in [-0.2, -0.15) is 4.31 Å². The second kappa shape index (κ2) is 7.91. The number of hydrogen-bond acceptors (Lipinski definition) is 7. The van der Waals surface area contributed by atoms with Crippen molar-refractivity contribution in [3.8, 4) is 0 Å². The van der Waals surface area contributed by atoms with Crippen molar-refractivity contribution in [2.75, 3.05) is 18.4 Å². The van der Waals surface area contributed by atoms with Crippen molar-refractivity contribution in [2.24, 2.45) is 0 Å². The molecule has 1 aliphatic heterocycles. The number of benzene rings is 1. The monoisotopic (exact) mass is 418 g/mol. The first-order chi connectivity index (χ1) is 13.9. The summed E-state index contributed by atoms with van der Waals surface area (Å²) in [6, 6.07) is 6.52. The molecule has 154 valence electrons. The molecule has 1 N–H and O–H groups in total. The molecule has 29 heavy (non-hydrogen) atoms. The summed E-state index contributed by atoms with van der Waals surface area (Å²) in [5, 5.41) is 14.6. The lowest BCUT2D eigenvalue weighted by Gasteiger charge is -2.15. The number of carbonyl (C=O) groups is 1. The Morgan fingerprint density at radius 2 is 2.03 bits per heavy atom. The zero-order valence-corrected chi connectivity index (χ0v) is 16.9. The molecule has 10 nitrogen and oxygen atoms in total. The van der Waals surface area contributed by atoms with Gasteiger partial charge in [-0.15, -0.1) is 5.10 Å². The predicted molar refractivity (Wildman–Crippen MR) is 105 cm³/mol. The third-order valence-corrected chi connectivity index (χ3v) is 6.75. The van der Waals surface area contributed by atoms with Crippen LogP contribution < -0.4 is 5.32 Å². The number of amides is 1. The van der Waals surface area contributed by atoms with E-state index in [1.165, 1.54) is 4.31 Å². The highest BCUT2D eigenvalue weighted by Crippen LogP contribution is 2.23. The lowest BCUT2D eigenvalue weighted by atomic mass is 10.2. The van der Waals surface area contributed by atoms with Crippen LogP contribution >= 0.6 is 0 Å². The molecule has 0 bridgehead atoms. The smallest absolute Gasteiger partial charge is 0.243 e. The first-order valence-corrected chi connectivity index (χ1v) is 10.9. The Balaban J connectivity index is 1.39. The quantitative estimate of drug-likeness (QED) is 0.622. The number of rotatable bonds is 7. The summed E-state index contributed by atoms with van der Waals surface area (Å²) in [6.07, 6.45) is 2.62. The van der Waals surface area contributed by atoms with Crippen LogP contribution in [-0.2, 0) is 21.4 Å². The van der Waals surface area contributed by atoms with Crippen LogP contribution in [0.3, 0.4) is 0 Å². The highest BCUT2D eigenvalue weighted by Gasteiger charge is 2.27. The van der Waals surface area contributed by atoms with Crippen LogP contribution in [0.2, 0.25) is 0 Å². The number of aryl methyl sites for hydroxylation is 2. The number of sulfonamides is 1. The molecule has 1 aromatic carbocycles. The van der Waals surface area contributed by atoms with Crippen LogP contribution in [0.15, 0.2) is 33.7 Å². The molecule has 11 heteroatoms. The predicted octanol–water partition coefficient (Wildman–Crippen LogP) is 1.93. The van der Waals surface area contributed by atoms with Crippen molar-refractivity contribution >= 4 is 32.8 Å². The Morgan fingerprint density at radius 1 is 1.24 bits per heavy atom. The van der Waals surface area contributed by atoms with Gasteiger partial charge in [0.05, 0.1) is 10.4 Å². The van der Waals surface area contributed by atoms with Crippen LogP contribution in [0.4, 0.5) is 5.82 Å². The number of fused-ring (bicyclic) bond motifs is 1. The Kier molecular flexibility index (Phi) is 5.33. The normalized spacial score (nSPS) is 15.2. The number of aromatic nitrogens is 4. The molecule has 0 unspecified atom stereocenters. The summed E-state index contributed by atoms with van der Waals surface area (Å²) in [5.41, 5.74) is 1.26. The average Bonchev–Trinajstić information content (AvgIpc) is 3.43. The first-order valence-electron chi connectivity index (χ1n) is 9.50. The van der Waals surface area contributed by atoms with Crippen LogP contribution in [0.5, 0.6) is 0 Å². The van der Waals surface area contributed by atoms with Crippen molar-refractivity contribution in [2.45, 2.75) is 44.0 Å². The van der Waals surface area contributed by atoms with E-state index in [1.807, 2.05) is 0 Å². The van der Waals surface area contributed by atoms with Gasteiger partial charge in [0.1, 0.15) is 11.3 Å². The summed E-state index contributed by atoms with van der Waals surface area (Å²) in [7, 11) is -3.49. The number of hydrogen-bond donors (Lipinski definition) is 1. The van der Waals surface area contributed by atoms with E-state index in [4.69, 9.17) is 4.52 Å². The average molecular weight is 418 g/mol. The van der Waals surface area contributed by atoms with Crippen molar-refractivity contribution in [1.82, 2.24) is 24.5 Å². The fourth-order valence-electron chi connectivity index (χ4n) is 3.38. The van der Waals surface area contributed by atoms with Gasteiger partial charge in [-0.25, -0.2) is 13.1 Å². The molecule has 1 amide bonds. The van der Waals surface area contributed by atoms with Crippen molar-refractivity contribution in [3.05, 3.63) is 30.0 Å². The van der Waals surface area contributed by atoms with Gasteiger partial charge in [0.15, 0.2) is 5.82 Å². The first kappa shape index (κ1) is 19.5. The van der Waals surface area contributed by atoms with Gasteiger partial charge in [0, 0.05) is 32.1 Å². The third-order valence-electron chi connectivity index (χ3n) is 4.86. The zero-order valence-electron chi connectivity index (χ0n) is 16.0.